The molecular weight excluding hydrogens is 839 g/mol. The Morgan fingerprint density at radius 2 is 0.941 bits per heavy atom. The maximum Gasteiger partial charge on any atom is 0.0524 e. The molecule has 4 aromatic rings. The minimum atomic E-state index is 0.591. The molecule has 0 amide bonds. The van der Waals surface area contributed by atoms with E-state index in [1.807, 2.05) is 71.5 Å². The van der Waals surface area contributed by atoms with Gasteiger partial charge in [0.05, 0.1) is 24.8 Å². The first-order valence-corrected chi connectivity index (χ1v) is 27.4. The zero-order chi connectivity index (χ0) is 51.2. The number of aromatic amines is 1. The molecule has 0 bridgehead atoms. The van der Waals surface area contributed by atoms with Crippen LogP contribution in [0.3, 0.4) is 0 Å². The van der Waals surface area contributed by atoms with E-state index in [1.165, 1.54) is 99.6 Å². The molecule has 2 saturated carbocycles. The maximum absolute atomic E-state index is 5.22. The molecule has 0 aromatic carbocycles. The van der Waals surface area contributed by atoms with E-state index in [4.69, 9.17) is 4.74 Å². The number of rotatable bonds is 9. The smallest absolute Gasteiger partial charge is 0.0524 e. The van der Waals surface area contributed by atoms with E-state index in [2.05, 4.69) is 155 Å². The predicted octanol–water partition coefficient (Wildman–Crippen LogP) is 15.2. The number of hydrogen-bond donors (Lipinski definition) is 2. The molecule has 6 heterocycles. The SMILES string of the molecule is CC(C)C1CCCC1.CC(C)C1CCCC1.CC(C)C1CCNC1.CC(C)C1CCOC1.CC(C)c1cn[nH]c1.CC(C)c1cnn(C)c1.CC(C)c1cnn(C)c1.CCn1cc(C(C)C)cn1. The Labute approximate surface area is 419 Å². The number of nitrogens with zero attached hydrogens (tertiary/aromatic N) is 7. The summed E-state index contributed by atoms with van der Waals surface area (Å²) in [5.41, 5.74) is 5.20. The number of ether oxygens (including phenoxy) is 1. The van der Waals surface area contributed by atoms with Gasteiger partial charge in [0.25, 0.3) is 0 Å². The van der Waals surface area contributed by atoms with Gasteiger partial charge in [-0.3, -0.25) is 19.1 Å². The molecule has 2 saturated heterocycles. The van der Waals surface area contributed by atoms with E-state index in [9.17, 15) is 0 Å². The number of H-pyrrole nitrogens is 1. The van der Waals surface area contributed by atoms with Crippen molar-refractivity contribution < 1.29 is 4.74 Å². The average molecular weight is 949 g/mol. The summed E-state index contributed by atoms with van der Waals surface area (Å²) in [5.74, 6) is 9.89. The van der Waals surface area contributed by atoms with Gasteiger partial charge in [-0.15, -0.1) is 0 Å². The molecule has 68 heavy (non-hydrogen) atoms. The van der Waals surface area contributed by atoms with Gasteiger partial charge in [0.15, 0.2) is 0 Å². The first-order chi connectivity index (χ1) is 32.2. The molecule has 4 aromatic heterocycles. The van der Waals surface area contributed by atoms with Crippen molar-refractivity contribution in [3.05, 3.63) is 71.8 Å². The third-order valence-electron chi connectivity index (χ3n) is 14.2. The van der Waals surface area contributed by atoms with E-state index in [0.29, 0.717) is 23.7 Å². The summed E-state index contributed by atoms with van der Waals surface area (Å²) in [7, 11) is 3.87. The summed E-state index contributed by atoms with van der Waals surface area (Å²) in [6, 6.07) is 0. The van der Waals surface area contributed by atoms with E-state index < -0.39 is 0 Å². The highest BCUT2D eigenvalue weighted by atomic mass is 16.5. The summed E-state index contributed by atoms with van der Waals surface area (Å²) in [6.07, 6.45) is 30.3. The standard InChI is InChI=1S/C8H14N2.2C8H16.2C7H12N2.C7H15N.C7H14O.C6H10N2/c1-4-10-6-8(5-9-10)7(2)3;2*1-7(2)8-5-3-4-6-8;2*1-6(2)7-4-8-9(3)5-7;2*1-6(2)7-3-4-8-5-7;1-5(2)6-3-7-8-4-6/h5-7H,4H2,1-3H3;2*7-8H,3-6H2,1-2H3;2*4-6H,1-3H3;6-8H,3-5H2,1-2H3;6-7H,3-5H2,1-2H3;3-5H,1-2H3,(H,7,8). The molecule has 2 atom stereocenters. The Balaban J connectivity index is 0.000000389. The van der Waals surface area contributed by atoms with Crippen molar-refractivity contribution in [2.45, 2.75) is 212 Å². The second-order valence-corrected chi connectivity index (χ2v) is 22.6. The van der Waals surface area contributed by atoms with Gasteiger partial charge < -0.3 is 10.1 Å². The lowest BCUT2D eigenvalue weighted by atomic mass is 9.95. The highest BCUT2D eigenvalue weighted by Crippen LogP contribution is 2.31. The Bertz CT molecular complexity index is 1580. The summed E-state index contributed by atoms with van der Waals surface area (Å²) in [6.45, 7) is 43.3. The van der Waals surface area contributed by atoms with Crippen LogP contribution in [0.25, 0.3) is 0 Å². The quantitative estimate of drug-likeness (QED) is 0.173. The fraction of sp³-hybridized carbons (Fsp3) is 0.793. The van der Waals surface area contributed by atoms with Crippen LogP contribution >= 0.6 is 0 Å². The monoisotopic (exact) mass is 948 g/mol. The molecule has 0 spiro atoms. The third kappa shape index (κ3) is 27.8. The second kappa shape index (κ2) is 35.8. The maximum atomic E-state index is 5.22. The zero-order valence-electron chi connectivity index (χ0n) is 47.7. The number of aromatic nitrogens is 8. The molecule has 10 nitrogen and oxygen atoms in total. The molecule has 4 aliphatic rings. The number of aryl methyl sites for hydroxylation is 3. The van der Waals surface area contributed by atoms with Gasteiger partial charge in [0, 0.05) is 58.6 Å². The predicted molar refractivity (Wildman–Crippen MR) is 292 cm³/mol. The Morgan fingerprint density at radius 3 is 1.13 bits per heavy atom. The lowest BCUT2D eigenvalue weighted by Crippen LogP contribution is -2.12. The van der Waals surface area contributed by atoms with Crippen LogP contribution < -0.4 is 5.32 Å². The average Bonchev–Trinajstić information content (AvgIpc) is 4.15. The van der Waals surface area contributed by atoms with Gasteiger partial charge in [0.1, 0.15) is 0 Å². The van der Waals surface area contributed by atoms with Crippen molar-refractivity contribution in [2.75, 3.05) is 26.3 Å². The van der Waals surface area contributed by atoms with Crippen LogP contribution in [0.5, 0.6) is 0 Å². The summed E-state index contributed by atoms with van der Waals surface area (Å²) >= 11 is 0. The Morgan fingerprint density at radius 1 is 0.515 bits per heavy atom. The van der Waals surface area contributed by atoms with Gasteiger partial charge in [-0.1, -0.05) is 162 Å². The molecule has 2 N–H and O–H groups in total. The molecule has 2 unspecified atom stereocenters. The fourth-order valence-electron chi connectivity index (χ4n) is 8.48. The largest absolute Gasteiger partial charge is 0.381 e. The van der Waals surface area contributed by atoms with Gasteiger partial charge in [-0.25, -0.2) is 0 Å². The normalized spacial score (nSPS) is 18.0. The van der Waals surface area contributed by atoms with E-state index >= 15 is 0 Å². The van der Waals surface area contributed by atoms with Crippen molar-refractivity contribution in [3.63, 3.8) is 0 Å². The Hall–Kier alpha value is -3.24. The molecule has 2 aliphatic heterocycles. The highest BCUT2D eigenvalue weighted by molar-refractivity contribution is 5.10. The van der Waals surface area contributed by atoms with E-state index in [1.54, 1.807) is 0 Å². The van der Waals surface area contributed by atoms with Gasteiger partial charge >= 0.3 is 0 Å². The second-order valence-electron chi connectivity index (χ2n) is 22.6. The lowest BCUT2D eigenvalue weighted by Gasteiger charge is -2.11. The van der Waals surface area contributed by atoms with Crippen molar-refractivity contribution in [3.8, 4) is 0 Å². The van der Waals surface area contributed by atoms with Crippen molar-refractivity contribution >= 4 is 0 Å². The molecule has 392 valence electrons. The molecule has 10 heteroatoms. The minimum Gasteiger partial charge on any atom is -0.381 e. The summed E-state index contributed by atoms with van der Waals surface area (Å²) < 4.78 is 10.8. The number of hydrogen-bond acceptors (Lipinski definition) is 6. The van der Waals surface area contributed by atoms with Crippen molar-refractivity contribution in [2.24, 2.45) is 61.4 Å². The minimum absolute atomic E-state index is 0.591. The highest BCUT2D eigenvalue weighted by Gasteiger charge is 2.19. The first-order valence-electron chi connectivity index (χ1n) is 27.4. The van der Waals surface area contributed by atoms with Crippen LogP contribution in [-0.4, -0.2) is 65.8 Å². The van der Waals surface area contributed by atoms with Gasteiger partial charge in [-0.2, -0.15) is 20.4 Å². The Kier molecular flexibility index (Phi) is 33.0. The molecular formula is C58H109N9O. The van der Waals surface area contributed by atoms with Crippen LogP contribution in [0, 0.1) is 47.3 Å². The summed E-state index contributed by atoms with van der Waals surface area (Å²) in [4.78, 5) is 0. The molecule has 2 aliphatic carbocycles. The van der Waals surface area contributed by atoms with Crippen LogP contribution in [0.15, 0.2) is 49.6 Å². The summed E-state index contributed by atoms with van der Waals surface area (Å²) in [5, 5.41) is 22.2. The van der Waals surface area contributed by atoms with Crippen molar-refractivity contribution in [1.29, 1.82) is 0 Å². The molecule has 8 rings (SSSR count). The van der Waals surface area contributed by atoms with Gasteiger partial charge in [0.2, 0.25) is 0 Å². The van der Waals surface area contributed by atoms with E-state index in [-0.39, 0.29) is 0 Å². The fourth-order valence-corrected chi connectivity index (χ4v) is 8.48. The third-order valence-corrected chi connectivity index (χ3v) is 14.2. The van der Waals surface area contributed by atoms with Crippen molar-refractivity contribution in [1.82, 2.24) is 44.9 Å². The van der Waals surface area contributed by atoms with E-state index in [0.717, 1.165) is 67.1 Å². The lowest BCUT2D eigenvalue weighted by molar-refractivity contribution is 0.176. The molecule has 0 radical (unpaired) electrons. The first kappa shape index (κ1) is 62.8. The topological polar surface area (TPSA) is 103 Å². The number of nitrogens with one attached hydrogen (secondary N) is 2. The zero-order valence-corrected chi connectivity index (χ0v) is 47.7. The van der Waals surface area contributed by atoms with Crippen LogP contribution in [0.2, 0.25) is 0 Å². The van der Waals surface area contributed by atoms with Crippen LogP contribution in [0.1, 0.15) is 228 Å². The van der Waals surface area contributed by atoms with Gasteiger partial charge in [-0.05, 0) is 126 Å². The van der Waals surface area contributed by atoms with Crippen LogP contribution in [-0.2, 0) is 25.4 Å². The molecule has 4 fully saturated rings. The van der Waals surface area contributed by atoms with Crippen LogP contribution in [0.4, 0.5) is 0 Å².